The first kappa shape index (κ1) is 14.0. The number of hydrogen-bond acceptors (Lipinski definition) is 5. The minimum atomic E-state index is -0.775. The SMILES string of the molecule is CC(=O)Nc1nc(CN(CCC(=O)O)C2CC2)cs1. The Morgan fingerprint density at radius 2 is 2.32 bits per heavy atom. The molecule has 6 nitrogen and oxygen atoms in total. The van der Waals surface area contributed by atoms with Crippen molar-refractivity contribution in [1.29, 1.82) is 0 Å². The van der Waals surface area contributed by atoms with E-state index in [1.165, 1.54) is 18.3 Å². The average Bonchev–Trinajstić information content (AvgIpc) is 3.07. The summed E-state index contributed by atoms with van der Waals surface area (Å²) >= 11 is 1.39. The maximum Gasteiger partial charge on any atom is 0.304 e. The molecule has 0 unspecified atom stereocenters. The van der Waals surface area contributed by atoms with E-state index in [1.807, 2.05) is 5.38 Å². The van der Waals surface area contributed by atoms with Crippen LogP contribution in [0.25, 0.3) is 0 Å². The van der Waals surface area contributed by atoms with Crippen molar-refractivity contribution in [3.05, 3.63) is 11.1 Å². The fourth-order valence-corrected chi connectivity index (χ4v) is 2.61. The van der Waals surface area contributed by atoms with Gasteiger partial charge in [0, 0.05) is 31.4 Å². The lowest BCUT2D eigenvalue weighted by atomic mass is 10.3. The van der Waals surface area contributed by atoms with Crippen molar-refractivity contribution < 1.29 is 14.7 Å². The van der Waals surface area contributed by atoms with Crippen LogP contribution in [0.15, 0.2) is 5.38 Å². The predicted octanol–water partition coefficient (Wildman–Crippen LogP) is 1.54. The number of carbonyl (C=O) groups is 2. The molecule has 7 heteroatoms. The Morgan fingerprint density at radius 1 is 1.58 bits per heavy atom. The summed E-state index contributed by atoms with van der Waals surface area (Å²) in [7, 11) is 0. The highest BCUT2D eigenvalue weighted by Gasteiger charge is 2.29. The number of carboxylic acid groups (broad SMARTS) is 1. The number of rotatable bonds is 7. The van der Waals surface area contributed by atoms with Gasteiger partial charge in [-0.25, -0.2) is 4.98 Å². The minimum Gasteiger partial charge on any atom is -0.481 e. The molecule has 1 amide bonds. The van der Waals surface area contributed by atoms with Crippen LogP contribution in [0.4, 0.5) is 5.13 Å². The van der Waals surface area contributed by atoms with Crippen LogP contribution in [0.2, 0.25) is 0 Å². The molecule has 0 bridgehead atoms. The van der Waals surface area contributed by atoms with Crippen molar-refractivity contribution in [2.75, 3.05) is 11.9 Å². The predicted molar refractivity (Wildman–Crippen MR) is 72.1 cm³/mol. The van der Waals surface area contributed by atoms with Crippen LogP contribution in [-0.4, -0.2) is 39.5 Å². The number of carboxylic acids is 1. The van der Waals surface area contributed by atoms with Gasteiger partial charge in [-0.05, 0) is 12.8 Å². The zero-order valence-corrected chi connectivity index (χ0v) is 11.6. The van der Waals surface area contributed by atoms with E-state index in [-0.39, 0.29) is 12.3 Å². The molecular formula is C12H17N3O3S. The number of thiazole rings is 1. The van der Waals surface area contributed by atoms with Crippen LogP contribution >= 0.6 is 11.3 Å². The second-order valence-corrected chi connectivity index (χ2v) is 5.53. The topological polar surface area (TPSA) is 82.5 Å². The summed E-state index contributed by atoms with van der Waals surface area (Å²) in [6.07, 6.45) is 2.41. The highest BCUT2D eigenvalue weighted by molar-refractivity contribution is 7.13. The lowest BCUT2D eigenvalue weighted by Gasteiger charge is -2.19. The van der Waals surface area contributed by atoms with Gasteiger partial charge in [0.2, 0.25) is 5.91 Å². The number of nitrogens with zero attached hydrogens (tertiary/aromatic N) is 2. The fraction of sp³-hybridized carbons (Fsp3) is 0.583. The second kappa shape index (κ2) is 6.12. The van der Waals surface area contributed by atoms with Gasteiger partial charge in [-0.2, -0.15) is 0 Å². The molecule has 1 saturated carbocycles. The number of nitrogens with one attached hydrogen (secondary N) is 1. The smallest absolute Gasteiger partial charge is 0.304 e. The number of carbonyl (C=O) groups excluding carboxylic acids is 1. The first-order valence-electron chi connectivity index (χ1n) is 6.22. The van der Waals surface area contributed by atoms with Crippen LogP contribution < -0.4 is 5.32 Å². The maximum absolute atomic E-state index is 10.9. The molecule has 0 aliphatic heterocycles. The lowest BCUT2D eigenvalue weighted by molar-refractivity contribution is -0.137. The van der Waals surface area contributed by atoms with E-state index in [0.717, 1.165) is 18.5 Å². The van der Waals surface area contributed by atoms with Gasteiger partial charge >= 0.3 is 5.97 Å². The maximum atomic E-state index is 10.9. The number of amides is 1. The van der Waals surface area contributed by atoms with Gasteiger partial charge in [0.15, 0.2) is 5.13 Å². The molecule has 1 aromatic heterocycles. The Hall–Kier alpha value is -1.47. The Kier molecular flexibility index (Phi) is 4.49. The van der Waals surface area contributed by atoms with Crippen molar-refractivity contribution in [2.24, 2.45) is 0 Å². The van der Waals surface area contributed by atoms with Gasteiger partial charge in [0.1, 0.15) is 0 Å². The summed E-state index contributed by atoms with van der Waals surface area (Å²) in [5, 5.41) is 13.9. The molecule has 104 valence electrons. The minimum absolute atomic E-state index is 0.133. The molecule has 0 radical (unpaired) electrons. The molecule has 0 atom stereocenters. The molecule has 2 N–H and O–H groups in total. The molecule has 0 saturated heterocycles. The van der Waals surface area contributed by atoms with Gasteiger partial charge in [-0.3, -0.25) is 14.5 Å². The van der Waals surface area contributed by atoms with E-state index in [2.05, 4.69) is 15.2 Å². The van der Waals surface area contributed by atoms with Gasteiger partial charge in [0.25, 0.3) is 0 Å². The molecule has 1 aromatic rings. The summed E-state index contributed by atoms with van der Waals surface area (Å²) in [6.45, 7) is 2.64. The molecule has 1 heterocycles. The molecule has 19 heavy (non-hydrogen) atoms. The Morgan fingerprint density at radius 3 is 2.89 bits per heavy atom. The number of anilines is 1. The van der Waals surface area contributed by atoms with Crippen molar-refractivity contribution in [1.82, 2.24) is 9.88 Å². The fourth-order valence-electron chi connectivity index (χ4n) is 1.87. The molecular weight excluding hydrogens is 266 g/mol. The second-order valence-electron chi connectivity index (χ2n) is 4.67. The van der Waals surface area contributed by atoms with E-state index < -0.39 is 5.97 Å². The molecule has 2 rings (SSSR count). The normalized spacial score (nSPS) is 14.6. The Balaban J connectivity index is 1.91. The zero-order valence-electron chi connectivity index (χ0n) is 10.8. The summed E-state index contributed by atoms with van der Waals surface area (Å²) in [6, 6.07) is 0.491. The molecule has 1 fully saturated rings. The molecule has 1 aliphatic rings. The van der Waals surface area contributed by atoms with Crippen molar-refractivity contribution >= 4 is 28.3 Å². The van der Waals surface area contributed by atoms with Crippen LogP contribution in [0.5, 0.6) is 0 Å². The third-order valence-corrected chi connectivity index (χ3v) is 3.68. The van der Waals surface area contributed by atoms with Gasteiger partial charge in [-0.15, -0.1) is 11.3 Å². The first-order chi connectivity index (χ1) is 9.04. The van der Waals surface area contributed by atoms with E-state index in [9.17, 15) is 9.59 Å². The van der Waals surface area contributed by atoms with Crippen molar-refractivity contribution in [3.63, 3.8) is 0 Å². The van der Waals surface area contributed by atoms with E-state index in [4.69, 9.17) is 5.11 Å². The van der Waals surface area contributed by atoms with E-state index in [0.29, 0.717) is 24.3 Å². The van der Waals surface area contributed by atoms with Crippen molar-refractivity contribution in [2.45, 2.75) is 38.8 Å². The van der Waals surface area contributed by atoms with Crippen LogP contribution in [0, 0.1) is 0 Å². The largest absolute Gasteiger partial charge is 0.481 e. The monoisotopic (exact) mass is 283 g/mol. The molecule has 0 spiro atoms. The Labute approximate surface area is 115 Å². The van der Waals surface area contributed by atoms with Gasteiger partial charge in [-0.1, -0.05) is 0 Å². The number of aromatic nitrogens is 1. The number of hydrogen-bond donors (Lipinski definition) is 2. The lowest BCUT2D eigenvalue weighted by Crippen LogP contribution is -2.28. The van der Waals surface area contributed by atoms with Crippen LogP contribution in [0.1, 0.15) is 31.9 Å². The molecule has 0 aromatic carbocycles. The van der Waals surface area contributed by atoms with E-state index in [1.54, 1.807) is 0 Å². The summed E-state index contributed by atoms with van der Waals surface area (Å²) < 4.78 is 0. The third-order valence-electron chi connectivity index (χ3n) is 2.88. The third kappa shape index (κ3) is 4.60. The standard InChI is InChI=1S/C12H17N3O3S/c1-8(16)13-12-14-9(7-19-12)6-15(10-2-3-10)5-4-11(17)18/h7,10H,2-6H2,1H3,(H,17,18)(H,13,14,16). The van der Waals surface area contributed by atoms with Gasteiger partial charge in [0.05, 0.1) is 12.1 Å². The average molecular weight is 283 g/mol. The van der Waals surface area contributed by atoms with Crippen molar-refractivity contribution in [3.8, 4) is 0 Å². The number of aliphatic carboxylic acids is 1. The van der Waals surface area contributed by atoms with Crippen LogP contribution in [-0.2, 0) is 16.1 Å². The quantitative estimate of drug-likeness (QED) is 0.793. The Bertz CT molecular complexity index is 471. The van der Waals surface area contributed by atoms with Crippen LogP contribution in [0.3, 0.4) is 0 Å². The van der Waals surface area contributed by atoms with E-state index >= 15 is 0 Å². The summed E-state index contributed by atoms with van der Waals surface area (Å²) in [5.41, 5.74) is 0.881. The summed E-state index contributed by atoms with van der Waals surface area (Å²) in [4.78, 5) is 28.0. The highest BCUT2D eigenvalue weighted by atomic mass is 32.1. The highest BCUT2D eigenvalue weighted by Crippen LogP contribution is 2.29. The zero-order chi connectivity index (χ0) is 13.8. The first-order valence-corrected chi connectivity index (χ1v) is 7.10. The van der Waals surface area contributed by atoms with Gasteiger partial charge < -0.3 is 10.4 Å². The summed E-state index contributed by atoms with van der Waals surface area (Å²) in [5.74, 6) is -0.909. The molecule has 1 aliphatic carbocycles.